The Morgan fingerprint density at radius 3 is 2.33 bits per heavy atom. The molecule has 1 aromatic heterocycles. The lowest BCUT2D eigenvalue weighted by Crippen LogP contribution is -2.31. The molecule has 196 valence electrons. The molecule has 4 aromatic carbocycles. The van der Waals surface area contributed by atoms with Crippen LogP contribution in [0.4, 0.5) is 10.8 Å². The number of aryl methyl sites for hydroxylation is 2. The van der Waals surface area contributed by atoms with Crippen molar-refractivity contribution in [3.63, 3.8) is 0 Å². The highest BCUT2D eigenvalue weighted by molar-refractivity contribution is 7.92. The summed E-state index contributed by atoms with van der Waals surface area (Å²) < 4.78 is 29.4. The van der Waals surface area contributed by atoms with E-state index < -0.39 is 10.0 Å². The SMILES string of the molecule is Cc1ccc(C)c2sc(N(Cc3ccccc3)C(=O)c3ccc(S(=O)(=O)N4CCc5ccccc54)cc3)nc12. The number of hydrogen-bond acceptors (Lipinski definition) is 5. The fraction of sp³-hybridized carbons (Fsp3) is 0.161. The minimum atomic E-state index is -3.74. The number of hydrogen-bond donors (Lipinski definition) is 0. The van der Waals surface area contributed by atoms with Crippen molar-refractivity contribution in [3.8, 4) is 0 Å². The number of nitrogens with zero attached hydrogens (tertiary/aromatic N) is 3. The molecule has 0 saturated heterocycles. The number of benzene rings is 4. The standard InChI is InChI=1S/C31H27N3O3S2/c1-21-12-13-22(2)29-28(21)32-31(38-29)33(20-23-8-4-3-5-9-23)30(35)25-14-16-26(17-15-25)39(36,37)34-19-18-24-10-6-7-11-27(24)34/h3-17H,18-20H2,1-2H3. The van der Waals surface area contributed by atoms with Gasteiger partial charge in [-0.15, -0.1) is 0 Å². The van der Waals surface area contributed by atoms with Crippen LogP contribution >= 0.6 is 11.3 Å². The summed E-state index contributed by atoms with van der Waals surface area (Å²) in [5.74, 6) is -0.233. The average molecular weight is 554 g/mol. The van der Waals surface area contributed by atoms with E-state index in [1.54, 1.807) is 17.0 Å². The van der Waals surface area contributed by atoms with E-state index in [0.29, 0.717) is 35.9 Å². The molecule has 0 atom stereocenters. The zero-order valence-corrected chi connectivity index (χ0v) is 23.3. The predicted octanol–water partition coefficient (Wildman–Crippen LogP) is 6.51. The van der Waals surface area contributed by atoms with Crippen LogP contribution in [0.2, 0.25) is 0 Å². The van der Waals surface area contributed by atoms with E-state index in [9.17, 15) is 13.2 Å². The molecule has 0 N–H and O–H groups in total. The molecule has 39 heavy (non-hydrogen) atoms. The molecule has 6 nitrogen and oxygen atoms in total. The first-order chi connectivity index (χ1) is 18.8. The summed E-state index contributed by atoms with van der Waals surface area (Å²) in [4.78, 5) is 20.6. The van der Waals surface area contributed by atoms with Gasteiger partial charge in [-0.3, -0.25) is 14.0 Å². The van der Waals surface area contributed by atoms with E-state index in [-0.39, 0.29) is 10.8 Å². The zero-order valence-electron chi connectivity index (χ0n) is 21.7. The number of carbonyl (C=O) groups is 1. The zero-order chi connectivity index (χ0) is 27.1. The molecule has 1 amide bonds. The lowest BCUT2D eigenvalue weighted by atomic mass is 10.1. The number of fused-ring (bicyclic) bond motifs is 2. The first kappa shape index (κ1) is 25.3. The minimum absolute atomic E-state index is 0.164. The Morgan fingerprint density at radius 1 is 0.897 bits per heavy atom. The maximum atomic E-state index is 13.9. The van der Waals surface area contributed by atoms with Gasteiger partial charge in [-0.2, -0.15) is 0 Å². The monoisotopic (exact) mass is 553 g/mol. The van der Waals surface area contributed by atoms with E-state index in [4.69, 9.17) is 4.98 Å². The summed E-state index contributed by atoms with van der Waals surface area (Å²) in [5.41, 5.74) is 6.18. The first-order valence-corrected chi connectivity index (χ1v) is 15.0. The molecule has 0 saturated carbocycles. The number of amides is 1. The smallest absolute Gasteiger partial charge is 0.264 e. The third-order valence-electron chi connectivity index (χ3n) is 7.12. The van der Waals surface area contributed by atoms with Gasteiger partial charge in [-0.25, -0.2) is 13.4 Å². The molecule has 0 unspecified atom stereocenters. The summed E-state index contributed by atoms with van der Waals surface area (Å²) in [6.07, 6.45) is 0.682. The van der Waals surface area contributed by atoms with Crippen molar-refractivity contribution in [1.29, 1.82) is 0 Å². The van der Waals surface area contributed by atoms with Gasteiger partial charge in [0.15, 0.2) is 5.13 Å². The quantitative estimate of drug-likeness (QED) is 0.240. The van der Waals surface area contributed by atoms with Crippen molar-refractivity contribution < 1.29 is 13.2 Å². The van der Waals surface area contributed by atoms with Gasteiger partial charge in [0.2, 0.25) is 0 Å². The van der Waals surface area contributed by atoms with Crippen molar-refractivity contribution in [2.45, 2.75) is 31.7 Å². The van der Waals surface area contributed by atoms with Crippen molar-refractivity contribution in [3.05, 3.63) is 119 Å². The number of aromatic nitrogens is 1. The lowest BCUT2D eigenvalue weighted by Gasteiger charge is -2.21. The number of anilines is 2. The largest absolute Gasteiger partial charge is 0.279 e. The fourth-order valence-corrected chi connectivity index (χ4v) is 7.58. The fourth-order valence-electron chi connectivity index (χ4n) is 4.97. The van der Waals surface area contributed by atoms with Gasteiger partial charge in [0.25, 0.3) is 15.9 Å². The summed E-state index contributed by atoms with van der Waals surface area (Å²) in [7, 11) is -3.74. The molecule has 1 aliphatic heterocycles. The van der Waals surface area contributed by atoms with Crippen LogP contribution in [0.5, 0.6) is 0 Å². The van der Waals surface area contributed by atoms with Gasteiger partial charge in [0.1, 0.15) is 0 Å². The molecule has 8 heteroatoms. The van der Waals surface area contributed by atoms with Crippen LogP contribution in [0.1, 0.15) is 32.6 Å². The number of thiazole rings is 1. The van der Waals surface area contributed by atoms with E-state index >= 15 is 0 Å². The number of para-hydroxylation sites is 1. The molecule has 6 rings (SSSR count). The minimum Gasteiger partial charge on any atom is -0.279 e. The Hall–Kier alpha value is -4.01. The highest BCUT2D eigenvalue weighted by atomic mass is 32.2. The first-order valence-electron chi connectivity index (χ1n) is 12.8. The Balaban J connectivity index is 1.34. The highest BCUT2D eigenvalue weighted by Gasteiger charge is 2.31. The Kier molecular flexibility index (Phi) is 6.45. The van der Waals surface area contributed by atoms with E-state index in [2.05, 4.69) is 6.07 Å². The summed E-state index contributed by atoms with van der Waals surface area (Å²) in [5, 5.41) is 0.613. The second kappa shape index (κ2) is 9.94. The highest BCUT2D eigenvalue weighted by Crippen LogP contribution is 2.35. The van der Waals surface area contributed by atoms with Crippen molar-refractivity contribution >= 4 is 48.3 Å². The summed E-state index contributed by atoms with van der Waals surface area (Å²) in [6, 6.07) is 27.7. The molecule has 0 aliphatic carbocycles. The van der Waals surface area contributed by atoms with E-state index in [0.717, 1.165) is 32.5 Å². The molecular weight excluding hydrogens is 526 g/mol. The average Bonchev–Trinajstić information content (AvgIpc) is 3.60. The third-order valence-corrected chi connectivity index (χ3v) is 10.2. The van der Waals surface area contributed by atoms with Crippen LogP contribution in [0.25, 0.3) is 10.2 Å². The molecule has 0 bridgehead atoms. The van der Waals surface area contributed by atoms with Gasteiger partial charge in [-0.05, 0) is 72.9 Å². The maximum absolute atomic E-state index is 13.9. The number of carbonyl (C=O) groups excluding carboxylic acids is 1. The maximum Gasteiger partial charge on any atom is 0.264 e. The summed E-state index contributed by atoms with van der Waals surface area (Å²) >= 11 is 1.50. The van der Waals surface area contributed by atoms with Gasteiger partial charge in [0, 0.05) is 12.1 Å². The molecule has 1 aliphatic rings. The predicted molar refractivity (Wildman–Crippen MR) is 157 cm³/mol. The Morgan fingerprint density at radius 2 is 1.59 bits per heavy atom. The molecule has 0 fully saturated rings. The van der Waals surface area contributed by atoms with Crippen LogP contribution in [0.15, 0.2) is 95.9 Å². The van der Waals surface area contributed by atoms with Gasteiger partial charge in [-0.1, -0.05) is 72.0 Å². The van der Waals surface area contributed by atoms with Gasteiger partial charge in [0.05, 0.1) is 27.3 Å². The van der Waals surface area contributed by atoms with Crippen LogP contribution < -0.4 is 9.21 Å². The molecule has 0 spiro atoms. The second-order valence-corrected chi connectivity index (χ2v) is 12.6. The topological polar surface area (TPSA) is 70.6 Å². The normalized spacial score (nSPS) is 13.0. The lowest BCUT2D eigenvalue weighted by molar-refractivity contribution is 0.0985. The van der Waals surface area contributed by atoms with Crippen LogP contribution in [0.3, 0.4) is 0 Å². The third kappa shape index (κ3) is 4.60. The number of sulfonamides is 1. The van der Waals surface area contributed by atoms with E-state index in [1.165, 1.54) is 27.8 Å². The van der Waals surface area contributed by atoms with Crippen LogP contribution in [-0.4, -0.2) is 25.9 Å². The summed E-state index contributed by atoms with van der Waals surface area (Å²) in [6.45, 7) is 4.82. The van der Waals surface area contributed by atoms with Gasteiger partial charge < -0.3 is 0 Å². The van der Waals surface area contributed by atoms with Crippen LogP contribution in [-0.2, 0) is 23.0 Å². The van der Waals surface area contributed by atoms with Gasteiger partial charge >= 0.3 is 0 Å². The Labute approximate surface area is 232 Å². The van der Waals surface area contributed by atoms with E-state index in [1.807, 2.05) is 74.5 Å². The molecule has 2 heterocycles. The van der Waals surface area contributed by atoms with Crippen molar-refractivity contribution in [2.75, 3.05) is 15.7 Å². The molecule has 0 radical (unpaired) electrons. The van der Waals surface area contributed by atoms with Crippen molar-refractivity contribution in [1.82, 2.24) is 4.98 Å². The van der Waals surface area contributed by atoms with Crippen LogP contribution in [0, 0.1) is 13.8 Å². The molecular formula is C31H27N3O3S2. The Bertz CT molecular complexity index is 1760. The molecule has 5 aromatic rings. The van der Waals surface area contributed by atoms with Crippen molar-refractivity contribution in [2.24, 2.45) is 0 Å². The second-order valence-electron chi connectivity index (χ2n) is 9.73. The number of rotatable bonds is 6.